The number of rotatable bonds is 3. The normalized spacial score (nSPS) is 11.2. The van der Waals surface area contributed by atoms with E-state index in [0.717, 1.165) is 44.6 Å². The Hall–Kier alpha value is -3.35. The minimum absolute atomic E-state index is 0.421. The summed E-state index contributed by atoms with van der Waals surface area (Å²) in [7, 11) is 0. The Kier molecular flexibility index (Phi) is 4.65. The standard InChI is InChI=1S/C22H14Cl2N6/c1-12-18-19(14-2-4-16(23)26-10-14)20(13-6-8-25-9-7-13)21(28-22(18)30-29-12)15-3-5-17(24)27-11-15/h2-11H,1H3,(H,28,29,30). The van der Waals surface area contributed by atoms with Crippen LogP contribution in [0, 0.1) is 6.92 Å². The molecule has 0 atom stereocenters. The maximum Gasteiger partial charge on any atom is 0.156 e. The first-order valence-electron chi connectivity index (χ1n) is 9.15. The molecule has 0 aliphatic carbocycles. The molecule has 0 fully saturated rings. The zero-order chi connectivity index (χ0) is 20.7. The molecule has 30 heavy (non-hydrogen) atoms. The third-order valence-electron chi connectivity index (χ3n) is 4.87. The summed E-state index contributed by atoms with van der Waals surface area (Å²) in [6, 6.07) is 11.3. The smallest absolute Gasteiger partial charge is 0.156 e. The first-order chi connectivity index (χ1) is 14.6. The van der Waals surface area contributed by atoms with Crippen molar-refractivity contribution in [1.82, 2.24) is 30.1 Å². The second-order valence-corrected chi connectivity index (χ2v) is 7.49. The van der Waals surface area contributed by atoms with Crippen LogP contribution in [0.2, 0.25) is 10.3 Å². The Morgan fingerprint density at radius 2 is 1.43 bits per heavy atom. The molecule has 1 N–H and O–H groups in total. The summed E-state index contributed by atoms with van der Waals surface area (Å²) in [6.45, 7) is 1.95. The van der Waals surface area contributed by atoms with Gasteiger partial charge in [0.25, 0.3) is 0 Å². The van der Waals surface area contributed by atoms with Gasteiger partial charge < -0.3 is 0 Å². The first-order valence-corrected chi connectivity index (χ1v) is 9.90. The lowest BCUT2D eigenvalue weighted by molar-refractivity contribution is 1.06. The molecule has 0 radical (unpaired) electrons. The number of aromatic nitrogens is 6. The van der Waals surface area contributed by atoms with Crippen LogP contribution in [0.25, 0.3) is 44.5 Å². The zero-order valence-electron chi connectivity index (χ0n) is 15.8. The predicted molar refractivity (Wildman–Crippen MR) is 118 cm³/mol. The SMILES string of the molecule is Cc1n[nH]c2nc(-c3ccc(Cl)nc3)c(-c3ccncc3)c(-c3ccc(Cl)nc3)c12. The number of pyridine rings is 4. The summed E-state index contributed by atoms with van der Waals surface area (Å²) < 4.78 is 0. The van der Waals surface area contributed by atoms with Gasteiger partial charge in [0, 0.05) is 47.0 Å². The molecule has 0 aliphatic heterocycles. The number of halogens is 2. The van der Waals surface area contributed by atoms with Crippen molar-refractivity contribution in [2.24, 2.45) is 0 Å². The molecule has 0 saturated heterocycles. The van der Waals surface area contributed by atoms with Crippen molar-refractivity contribution >= 4 is 34.2 Å². The molecule has 0 aromatic carbocycles. The number of hydrogen-bond acceptors (Lipinski definition) is 5. The van der Waals surface area contributed by atoms with E-state index in [0.29, 0.717) is 16.0 Å². The molecule has 0 saturated carbocycles. The monoisotopic (exact) mass is 432 g/mol. The van der Waals surface area contributed by atoms with E-state index in [-0.39, 0.29) is 0 Å². The Balaban J connectivity index is 1.95. The molecule has 146 valence electrons. The van der Waals surface area contributed by atoms with Gasteiger partial charge in [0.1, 0.15) is 10.3 Å². The van der Waals surface area contributed by atoms with Crippen LogP contribution in [0.5, 0.6) is 0 Å². The van der Waals surface area contributed by atoms with Gasteiger partial charge >= 0.3 is 0 Å². The van der Waals surface area contributed by atoms with Gasteiger partial charge in [-0.1, -0.05) is 23.2 Å². The topological polar surface area (TPSA) is 80.2 Å². The molecule has 8 heteroatoms. The molecule has 5 aromatic heterocycles. The van der Waals surface area contributed by atoms with Gasteiger partial charge in [-0.25, -0.2) is 15.0 Å². The van der Waals surface area contributed by atoms with E-state index in [4.69, 9.17) is 28.2 Å². The lowest BCUT2D eigenvalue weighted by Crippen LogP contribution is -1.97. The van der Waals surface area contributed by atoms with Crippen molar-refractivity contribution in [3.8, 4) is 33.5 Å². The summed E-state index contributed by atoms with van der Waals surface area (Å²) in [5, 5.41) is 9.22. The lowest BCUT2D eigenvalue weighted by atomic mass is 9.90. The second-order valence-electron chi connectivity index (χ2n) is 6.72. The predicted octanol–water partition coefficient (Wildman–Crippen LogP) is 5.76. The Labute approximate surface area is 182 Å². The molecular weight excluding hydrogens is 419 g/mol. The van der Waals surface area contributed by atoms with Crippen LogP contribution in [-0.4, -0.2) is 30.1 Å². The summed E-state index contributed by atoms with van der Waals surface area (Å²) in [5.41, 5.74) is 6.89. The van der Waals surface area contributed by atoms with Crippen molar-refractivity contribution in [2.45, 2.75) is 6.92 Å². The number of hydrogen-bond donors (Lipinski definition) is 1. The number of nitrogens with zero attached hydrogens (tertiary/aromatic N) is 5. The molecule has 5 rings (SSSR count). The van der Waals surface area contributed by atoms with Crippen LogP contribution >= 0.6 is 23.2 Å². The highest BCUT2D eigenvalue weighted by Gasteiger charge is 2.22. The highest BCUT2D eigenvalue weighted by atomic mass is 35.5. The number of fused-ring (bicyclic) bond motifs is 1. The van der Waals surface area contributed by atoms with Gasteiger partial charge in [-0.3, -0.25) is 10.1 Å². The van der Waals surface area contributed by atoms with E-state index in [9.17, 15) is 0 Å². The number of aryl methyl sites for hydroxylation is 1. The summed E-state index contributed by atoms with van der Waals surface area (Å²) >= 11 is 12.1. The minimum Gasteiger partial charge on any atom is -0.265 e. The van der Waals surface area contributed by atoms with Crippen LogP contribution in [-0.2, 0) is 0 Å². The molecule has 0 amide bonds. The van der Waals surface area contributed by atoms with Crippen LogP contribution in [0.1, 0.15) is 5.69 Å². The molecule has 0 unspecified atom stereocenters. The molecule has 0 bridgehead atoms. The Bertz CT molecular complexity index is 1350. The van der Waals surface area contributed by atoms with Crippen LogP contribution < -0.4 is 0 Å². The zero-order valence-corrected chi connectivity index (χ0v) is 17.3. The van der Waals surface area contributed by atoms with E-state index in [1.807, 2.05) is 31.2 Å². The van der Waals surface area contributed by atoms with Crippen molar-refractivity contribution in [3.63, 3.8) is 0 Å². The first kappa shape index (κ1) is 18.7. The lowest BCUT2D eigenvalue weighted by Gasteiger charge is -2.16. The van der Waals surface area contributed by atoms with E-state index in [1.54, 1.807) is 36.9 Å². The summed E-state index contributed by atoms with van der Waals surface area (Å²) in [4.78, 5) is 17.6. The molecule has 0 aliphatic rings. The number of aromatic amines is 1. The fourth-order valence-electron chi connectivity index (χ4n) is 3.55. The van der Waals surface area contributed by atoms with E-state index < -0.39 is 0 Å². The van der Waals surface area contributed by atoms with Crippen LogP contribution in [0.15, 0.2) is 61.2 Å². The second kappa shape index (κ2) is 7.48. The Morgan fingerprint density at radius 1 is 0.767 bits per heavy atom. The minimum atomic E-state index is 0.421. The van der Waals surface area contributed by atoms with E-state index in [2.05, 4.69) is 25.1 Å². The third-order valence-corrected chi connectivity index (χ3v) is 5.32. The third kappa shape index (κ3) is 3.20. The fourth-order valence-corrected chi connectivity index (χ4v) is 3.77. The summed E-state index contributed by atoms with van der Waals surface area (Å²) in [6.07, 6.45) is 7.00. The Morgan fingerprint density at radius 3 is 2.07 bits per heavy atom. The maximum absolute atomic E-state index is 6.06. The number of H-pyrrole nitrogens is 1. The largest absolute Gasteiger partial charge is 0.265 e. The maximum atomic E-state index is 6.06. The molecule has 5 aromatic rings. The van der Waals surface area contributed by atoms with Gasteiger partial charge in [-0.15, -0.1) is 0 Å². The van der Waals surface area contributed by atoms with Crippen molar-refractivity contribution in [1.29, 1.82) is 0 Å². The van der Waals surface area contributed by atoms with Gasteiger partial charge in [0.2, 0.25) is 0 Å². The van der Waals surface area contributed by atoms with Crippen LogP contribution in [0.4, 0.5) is 0 Å². The summed E-state index contributed by atoms with van der Waals surface area (Å²) in [5.74, 6) is 0. The average Bonchev–Trinajstić information content (AvgIpc) is 3.15. The van der Waals surface area contributed by atoms with E-state index in [1.165, 1.54) is 0 Å². The van der Waals surface area contributed by atoms with Gasteiger partial charge in [-0.05, 0) is 48.9 Å². The molecular formula is C22H14Cl2N6. The van der Waals surface area contributed by atoms with Crippen molar-refractivity contribution in [3.05, 3.63) is 77.2 Å². The van der Waals surface area contributed by atoms with Crippen LogP contribution in [0.3, 0.4) is 0 Å². The average molecular weight is 433 g/mol. The van der Waals surface area contributed by atoms with E-state index >= 15 is 0 Å². The van der Waals surface area contributed by atoms with Gasteiger partial charge in [-0.2, -0.15) is 5.10 Å². The molecule has 0 spiro atoms. The van der Waals surface area contributed by atoms with Gasteiger partial charge in [0.05, 0.1) is 16.8 Å². The quantitative estimate of drug-likeness (QED) is 0.366. The van der Waals surface area contributed by atoms with Crippen molar-refractivity contribution < 1.29 is 0 Å². The fraction of sp³-hybridized carbons (Fsp3) is 0.0455. The number of nitrogens with one attached hydrogen (secondary N) is 1. The van der Waals surface area contributed by atoms with Crippen molar-refractivity contribution in [2.75, 3.05) is 0 Å². The van der Waals surface area contributed by atoms with Gasteiger partial charge in [0.15, 0.2) is 5.65 Å². The highest BCUT2D eigenvalue weighted by Crippen LogP contribution is 2.43. The molecule has 5 heterocycles. The molecule has 6 nitrogen and oxygen atoms in total. The highest BCUT2D eigenvalue weighted by molar-refractivity contribution is 6.29.